The average molecular weight is 396 g/mol. The number of pyridine rings is 1. The molecule has 1 aliphatic rings. The number of carbonyl (C=O) groups excluding carboxylic acids is 1. The van der Waals surface area contributed by atoms with Crippen molar-refractivity contribution in [3.05, 3.63) is 48.2 Å². The Labute approximate surface area is 168 Å². The van der Waals surface area contributed by atoms with Crippen LogP contribution in [-0.2, 0) is 9.53 Å². The Morgan fingerprint density at radius 1 is 1.10 bits per heavy atom. The van der Waals surface area contributed by atoms with Gasteiger partial charge in [0.1, 0.15) is 5.75 Å². The summed E-state index contributed by atoms with van der Waals surface area (Å²) in [6, 6.07) is 11.0. The molecule has 0 bridgehead atoms. The van der Waals surface area contributed by atoms with Gasteiger partial charge >= 0.3 is 11.9 Å². The van der Waals surface area contributed by atoms with E-state index in [1.165, 1.54) is 0 Å². The molecule has 2 aromatic heterocycles. The highest BCUT2D eigenvalue weighted by Gasteiger charge is 2.25. The predicted molar refractivity (Wildman–Crippen MR) is 109 cm³/mol. The van der Waals surface area contributed by atoms with E-state index < -0.39 is 12.1 Å². The van der Waals surface area contributed by atoms with E-state index in [1.807, 2.05) is 28.7 Å². The van der Waals surface area contributed by atoms with Crippen LogP contribution >= 0.6 is 0 Å². The number of aromatic nitrogens is 1. The molecule has 1 aromatic carbocycles. The van der Waals surface area contributed by atoms with Gasteiger partial charge in [-0.1, -0.05) is 18.2 Å². The molecule has 0 aliphatic carbocycles. The van der Waals surface area contributed by atoms with E-state index in [4.69, 9.17) is 9.47 Å². The molecule has 29 heavy (non-hydrogen) atoms. The van der Waals surface area contributed by atoms with Crippen LogP contribution in [-0.4, -0.2) is 58.7 Å². The van der Waals surface area contributed by atoms with Crippen molar-refractivity contribution in [3.8, 4) is 5.75 Å². The van der Waals surface area contributed by atoms with Gasteiger partial charge < -0.3 is 19.0 Å². The third kappa shape index (κ3) is 3.78. The van der Waals surface area contributed by atoms with Gasteiger partial charge in [0, 0.05) is 11.9 Å². The molecule has 1 unspecified atom stereocenters. The Morgan fingerprint density at radius 2 is 1.86 bits per heavy atom. The van der Waals surface area contributed by atoms with E-state index in [2.05, 4.69) is 4.90 Å². The van der Waals surface area contributed by atoms with Gasteiger partial charge in [0.15, 0.2) is 0 Å². The van der Waals surface area contributed by atoms with Crippen molar-refractivity contribution in [3.63, 3.8) is 0 Å². The molecule has 152 valence electrons. The topological polar surface area (TPSA) is 80.5 Å². The van der Waals surface area contributed by atoms with Crippen molar-refractivity contribution in [1.29, 1.82) is 0 Å². The van der Waals surface area contributed by atoms with Crippen LogP contribution in [0.1, 0.15) is 30.1 Å². The summed E-state index contributed by atoms with van der Waals surface area (Å²) in [5, 5.41) is 10.4. The molecule has 0 saturated carbocycles. The summed E-state index contributed by atoms with van der Waals surface area (Å²) < 4.78 is 12.9. The second-order valence-electron chi connectivity index (χ2n) is 7.19. The summed E-state index contributed by atoms with van der Waals surface area (Å²) in [7, 11) is 0. The number of esters is 1. The molecule has 1 saturated heterocycles. The van der Waals surface area contributed by atoms with Crippen LogP contribution in [0.15, 0.2) is 42.6 Å². The second kappa shape index (κ2) is 8.13. The fourth-order valence-electron chi connectivity index (χ4n) is 3.93. The van der Waals surface area contributed by atoms with Crippen molar-refractivity contribution in [1.82, 2.24) is 9.30 Å². The molecule has 7 heteroatoms. The lowest BCUT2D eigenvalue weighted by atomic mass is 10.1. The fourth-order valence-corrected chi connectivity index (χ4v) is 3.93. The SMILES string of the molecule is CCOC(=O)c1c2ccccc2n2cc(OC(CN3CCCC3)C(=O)O)ccc12. The highest BCUT2D eigenvalue weighted by molar-refractivity contribution is 6.11. The summed E-state index contributed by atoms with van der Waals surface area (Å²) >= 11 is 0. The lowest BCUT2D eigenvalue weighted by Crippen LogP contribution is -2.39. The van der Waals surface area contributed by atoms with Crippen LogP contribution < -0.4 is 4.74 Å². The highest BCUT2D eigenvalue weighted by atomic mass is 16.5. The molecule has 3 aromatic rings. The van der Waals surface area contributed by atoms with Crippen LogP contribution in [0.3, 0.4) is 0 Å². The first-order chi connectivity index (χ1) is 14.1. The zero-order valence-corrected chi connectivity index (χ0v) is 16.3. The molecule has 0 spiro atoms. The minimum Gasteiger partial charge on any atom is -0.478 e. The van der Waals surface area contributed by atoms with Crippen LogP contribution in [0.25, 0.3) is 16.4 Å². The zero-order valence-electron chi connectivity index (χ0n) is 16.3. The molecule has 3 heterocycles. The van der Waals surface area contributed by atoms with Gasteiger partial charge in [-0.3, -0.25) is 4.90 Å². The van der Waals surface area contributed by atoms with Gasteiger partial charge in [-0.15, -0.1) is 0 Å². The zero-order chi connectivity index (χ0) is 20.4. The maximum atomic E-state index is 12.5. The number of benzene rings is 1. The van der Waals surface area contributed by atoms with E-state index in [0.717, 1.165) is 36.8 Å². The van der Waals surface area contributed by atoms with E-state index in [-0.39, 0.29) is 5.97 Å². The monoisotopic (exact) mass is 396 g/mol. The van der Waals surface area contributed by atoms with Gasteiger partial charge in [0.2, 0.25) is 6.10 Å². The predicted octanol–water partition coefficient (Wildman–Crippen LogP) is 3.20. The van der Waals surface area contributed by atoms with Crippen LogP contribution in [0.5, 0.6) is 5.75 Å². The van der Waals surface area contributed by atoms with Crippen LogP contribution in [0.4, 0.5) is 0 Å². The van der Waals surface area contributed by atoms with Gasteiger partial charge in [0.05, 0.1) is 29.4 Å². The number of carbonyl (C=O) groups is 2. The molecular weight excluding hydrogens is 372 g/mol. The summed E-state index contributed by atoms with van der Waals surface area (Å²) in [5.41, 5.74) is 2.03. The van der Waals surface area contributed by atoms with E-state index in [0.29, 0.717) is 30.0 Å². The van der Waals surface area contributed by atoms with Crippen molar-refractivity contribution in [2.45, 2.75) is 25.9 Å². The number of rotatable bonds is 7. The first kappa shape index (κ1) is 19.3. The number of carboxylic acids is 1. The normalized spacial score (nSPS) is 15.6. The lowest BCUT2D eigenvalue weighted by molar-refractivity contribution is -0.145. The van der Waals surface area contributed by atoms with E-state index in [1.54, 1.807) is 25.3 Å². The van der Waals surface area contributed by atoms with Crippen molar-refractivity contribution >= 4 is 28.4 Å². The quantitative estimate of drug-likeness (QED) is 0.618. The van der Waals surface area contributed by atoms with Crippen LogP contribution in [0.2, 0.25) is 0 Å². The number of likely N-dealkylation sites (tertiary alicyclic amines) is 1. The maximum absolute atomic E-state index is 12.5. The number of aliphatic carboxylic acids is 1. The lowest BCUT2D eigenvalue weighted by Gasteiger charge is -2.21. The van der Waals surface area contributed by atoms with Gasteiger partial charge in [-0.2, -0.15) is 0 Å². The van der Waals surface area contributed by atoms with E-state index >= 15 is 0 Å². The molecule has 1 fully saturated rings. The van der Waals surface area contributed by atoms with Crippen molar-refractivity contribution in [2.75, 3.05) is 26.2 Å². The number of ether oxygens (including phenoxy) is 2. The summed E-state index contributed by atoms with van der Waals surface area (Å²) in [4.78, 5) is 26.4. The fraction of sp³-hybridized carbons (Fsp3) is 0.364. The Balaban J connectivity index is 1.71. The number of hydrogen-bond donors (Lipinski definition) is 1. The van der Waals surface area contributed by atoms with Crippen molar-refractivity contribution < 1.29 is 24.2 Å². The van der Waals surface area contributed by atoms with Crippen molar-refractivity contribution in [2.24, 2.45) is 0 Å². The molecule has 0 radical (unpaired) electrons. The smallest absolute Gasteiger partial charge is 0.346 e. The molecular formula is C22H24N2O5. The first-order valence-electron chi connectivity index (χ1n) is 9.90. The standard InChI is InChI=1S/C22H24N2O5/c1-2-28-22(27)20-16-7-3-4-8-17(16)24-13-15(9-10-18(20)24)29-19(21(25)26)14-23-11-5-6-12-23/h3-4,7-10,13,19H,2,5-6,11-12,14H2,1H3,(H,25,26). The Morgan fingerprint density at radius 3 is 2.59 bits per heavy atom. The summed E-state index contributed by atoms with van der Waals surface area (Å²) in [6.07, 6.45) is 2.96. The number of fused-ring (bicyclic) bond motifs is 3. The Hall–Kier alpha value is -3.06. The molecule has 4 rings (SSSR count). The van der Waals surface area contributed by atoms with E-state index in [9.17, 15) is 14.7 Å². The average Bonchev–Trinajstić information content (AvgIpc) is 3.33. The molecule has 1 N–H and O–H groups in total. The van der Waals surface area contributed by atoms with Gasteiger partial charge in [-0.05, 0) is 51.1 Å². The summed E-state index contributed by atoms with van der Waals surface area (Å²) in [6.45, 7) is 4.22. The number of para-hydroxylation sites is 1. The Kier molecular flexibility index (Phi) is 5.40. The largest absolute Gasteiger partial charge is 0.478 e. The second-order valence-corrected chi connectivity index (χ2v) is 7.19. The third-order valence-electron chi connectivity index (χ3n) is 5.27. The number of hydrogen-bond acceptors (Lipinski definition) is 5. The first-order valence-corrected chi connectivity index (χ1v) is 9.90. The van der Waals surface area contributed by atoms with Gasteiger partial charge in [-0.25, -0.2) is 9.59 Å². The number of carboxylic acid groups (broad SMARTS) is 1. The Bertz CT molecular complexity index is 1050. The summed E-state index contributed by atoms with van der Waals surface area (Å²) in [5.74, 6) is -0.917. The molecule has 0 amide bonds. The molecule has 1 aliphatic heterocycles. The van der Waals surface area contributed by atoms with Crippen LogP contribution in [0, 0.1) is 0 Å². The highest BCUT2D eigenvalue weighted by Crippen LogP contribution is 2.29. The minimum absolute atomic E-state index is 0.294. The van der Waals surface area contributed by atoms with Gasteiger partial charge in [0.25, 0.3) is 0 Å². The molecule has 1 atom stereocenters. The molecule has 7 nitrogen and oxygen atoms in total. The minimum atomic E-state index is -0.985. The number of nitrogens with zero attached hydrogens (tertiary/aromatic N) is 2. The maximum Gasteiger partial charge on any atom is 0.346 e. The third-order valence-corrected chi connectivity index (χ3v) is 5.27.